The first-order valence-corrected chi connectivity index (χ1v) is 16.5. The third kappa shape index (κ3) is 28.2. The molecule has 0 saturated carbocycles. The summed E-state index contributed by atoms with van der Waals surface area (Å²) in [4.78, 5) is 11.9. The van der Waals surface area contributed by atoms with Gasteiger partial charge in [0.25, 0.3) is 0 Å². The Hall–Kier alpha value is -0.610. The van der Waals surface area contributed by atoms with Crippen LogP contribution in [0.25, 0.3) is 0 Å². The van der Waals surface area contributed by atoms with E-state index in [4.69, 9.17) is 9.47 Å². The van der Waals surface area contributed by atoms with E-state index in [0.717, 1.165) is 19.3 Å². The van der Waals surface area contributed by atoms with Gasteiger partial charge in [-0.1, -0.05) is 156 Å². The molecule has 0 aliphatic carbocycles. The monoisotopic (exact) mass is 526 g/mol. The molecule has 2 atom stereocenters. The molecule has 0 aliphatic rings. The Kier molecular flexibility index (Phi) is 29.4. The second kappa shape index (κ2) is 29.9. The van der Waals surface area contributed by atoms with Gasteiger partial charge in [-0.15, -0.1) is 0 Å². The summed E-state index contributed by atoms with van der Waals surface area (Å²) in [7, 11) is 0. The average molecular weight is 527 g/mol. The number of carbonyl (C=O) groups is 1. The van der Waals surface area contributed by atoms with Gasteiger partial charge in [0.2, 0.25) is 0 Å². The predicted octanol–water partition coefficient (Wildman–Crippen LogP) is 9.95. The van der Waals surface area contributed by atoms with Crippen molar-refractivity contribution in [3.05, 3.63) is 0 Å². The molecule has 37 heavy (non-hydrogen) atoms. The minimum atomic E-state index is -0.724. The summed E-state index contributed by atoms with van der Waals surface area (Å²) in [6.45, 7) is 7.64. The number of carbonyl (C=O) groups excluding carboxylic acids is 1. The van der Waals surface area contributed by atoms with E-state index in [1.54, 1.807) is 0 Å². The van der Waals surface area contributed by atoms with Crippen LogP contribution in [0.2, 0.25) is 0 Å². The number of unbranched alkanes of at least 4 members (excludes halogenated alkanes) is 19. The Morgan fingerprint density at radius 3 is 1.43 bits per heavy atom. The molecule has 4 nitrogen and oxygen atoms in total. The zero-order chi connectivity index (χ0) is 27.2. The SMILES string of the molecule is CCCCCCCCCCCCCCCCCCCCCC(=O)OC[C@H](O)COC[C@H](CC)CCCC. The lowest BCUT2D eigenvalue weighted by molar-refractivity contribution is -0.148. The highest BCUT2D eigenvalue weighted by Gasteiger charge is 2.11. The molecule has 0 aromatic heterocycles. The summed E-state index contributed by atoms with van der Waals surface area (Å²) in [5, 5.41) is 9.99. The summed E-state index contributed by atoms with van der Waals surface area (Å²) in [5.74, 6) is 0.365. The molecule has 0 aromatic carbocycles. The molecule has 0 rings (SSSR count). The van der Waals surface area contributed by atoms with E-state index < -0.39 is 6.10 Å². The van der Waals surface area contributed by atoms with Crippen molar-refractivity contribution in [3.8, 4) is 0 Å². The maximum absolute atomic E-state index is 11.9. The quantitative estimate of drug-likeness (QED) is 0.0747. The number of esters is 1. The maximum Gasteiger partial charge on any atom is 0.305 e. The molecule has 0 amide bonds. The number of aliphatic hydroxyl groups excluding tert-OH is 1. The average Bonchev–Trinajstić information content (AvgIpc) is 2.90. The molecule has 0 bridgehead atoms. The fourth-order valence-electron chi connectivity index (χ4n) is 4.93. The van der Waals surface area contributed by atoms with Crippen molar-refractivity contribution in [2.24, 2.45) is 5.92 Å². The van der Waals surface area contributed by atoms with Gasteiger partial charge in [-0.3, -0.25) is 4.79 Å². The van der Waals surface area contributed by atoms with Crippen molar-refractivity contribution in [1.29, 1.82) is 0 Å². The van der Waals surface area contributed by atoms with Gasteiger partial charge < -0.3 is 14.6 Å². The standard InChI is InChI=1S/C33H66O4/c1-4-7-9-10-11-12-13-14-15-16-17-18-19-20-21-22-23-24-25-27-33(35)37-30-32(34)29-36-28-31(6-3)26-8-5-2/h31-32,34H,4-30H2,1-3H3/t31-,32-/m1/s1. The minimum absolute atomic E-state index is 0.0453. The Bertz CT molecular complexity index is 454. The predicted molar refractivity (Wildman–Crippen MR) is 159 cm³/mol. The van der Waals surface area contributed by atoms with Crippen LogP contribution in [0, 0.1) is 5.92 Å². The van der Waals surface area contributed by atoms with Crippen molar-refractivity contribution in [2.45, 2.75) is 181 Å². The van der Waals surface area contributed by atoms with E-state index >= 15 is 0 Å². The highest BCUT2D eigenvalue weighted by atomic mass is 16.5. The van der Waals surface area contributed by atoms with E-state index in [1.165, 1.54) is 128 Å². The van der Waals surface area contributed by atoms with Crippen LogP contribution in [0.4, 0.5) is 0 Å². The summed E-state index contributed by atoms with van der Waals surface area (Å²) in [5.41, 5.74) is 0. The normalized spacial score (nSPS) is 13.1. The number of rotatable bonds is 30. The van der Waals surface area contributed by atoms with Crippen molar-refractivity contribution >= 4 is 5.97 Å². The lowest BCUT2D eigenvalue weighted by Gasteiger charge is -2.17. The van der Waals surface area contributed by atoms with Crippen LogP contribution in [0.5, 0.6) is 0 Å². The molecule has 0 radical (unpaired) electrons. The molecule has 0 unspecified atom stereocenters. The summed E-state index contributed by atoms with van der Waals surface area (Å²) in [6, 6.07) is 0. The highest BCUT2D eigenvalue weighted by molar-refractivity contribution is 5.69. The molecule has 0 heterocycles. The van der Waals surface area contributed by atoms with Crippen molar-refractivity contribution < 1.29 is 19.4 Å². The summed E-state index contributed by atoms with van der Waals surface area (Å²) in [6.07, 6.45) is 30.1. The van der Waals surface area contributed by atoms with E-state index in [1.807, 2.05) is 0 Å². The van der Waals surface area contributed by atoms with Gasteiger partial charge in [-0.2, -0.15) is 0 Å². The van der Waals surface area contributed by atoms with Crippen LogP contribution in [0.15, 0.2) is 0 Å². The number of hydrogen-bond acceptors (Lipinski definition) is 4. The van der Waals surface area contributed by atoms with Crippen LogP contribution in [0.3, 0.4) is 0 Å². The Balaban J connectivity index is 3.33. The van der Waals surface area contributed by atoms with Crippen LogP contribution in [-0.4, -0.2) is 37.0 Å². The maximum atomic E-state index is 11.9. The molecule has 0 spiro atoms. The first-order chi connectivity index (χ1) is 18.1. The number of aliphatic hydroxyl groups is 1. The van der Waals surface area contributed by atoms with Crippen molar-refractivity contribution in [3.63, 3.8) is 0 Å². The molecular weight excluding hydrogens is 460 g/mol. The van der Waals surface area contributed by atoms with Gasteiger partial charge >= 0.3 is 5.97 Å². The first-order valence-electron chi connectivity index (χ1n) is 16.5. The van der Waals surface area contributed by atoms with Gasteiger partial charge in [-0.25, -0.2) is 0 Å². The summed E-state index contributed by atoms with van der Waals surface area (Å²) < 4.78 is 10.9. The highest BCUT2D eigenvalue weighted by Crippen LogP contribution is 2.15. The Morgan fingerprint density at radius 2 is 1.00 bits per heavy atom. The second-order valence-corrected chi connectivity index (χ2v) is 11.4. The zero-order valence-electron chi connectivity index (χ0n) is 25.4. The lowest BCUT2D eigenvalue weighted by atomic mass is 10.0. The fourth-order valence-corrected chi connectivity index (χ4v) is 4.93. The third-order valence-corrected chi connectivity index (χ3v) is 7.63. The second-order valence-electron chi connectivity index (χ2n) is 11.4. The topological polar surface area (TPSA) is 55.8 Å². The van der Waals surface area contributed by atoms with Gasteiger partial charge in [-0.05, 0) is 18.8 Å². The smallest absolute Gasteiger partial charge is 0.305 e. The first kappa shape index (κ1) is 36.4. The zero-order valence-corrected chi connectivity index (χ0v) is 25.4. The van der Waals surface area contributed by atoms with Gasteiger partial charge in [0, 0.05) is 13.0 Å². The lowest BCUT2D eigenvalue weighted by Crippen LogP contribution is -2.25. The summed E-state index contributed by atoms with van der Waals surface area (Å²) >= 11 is 0. The molecular formula is C33H66O4. The fraction of sp³-hybridized carbons (Fsp3) is 0.970. The van der Waals surface area contributed by atoms with Crippen molar-refractivity contribution in [1.82, 2.24) is 0 Å². The van der Waals surface area contributed by atoms with E-state index in [9.17, 15) is 9.90 Å². The molecule has 222 valence electrons. The molecule has 0 saturated heterocycles. The Morgan fingerprint density at radius 1 is 0.568 bits per heavy atom. The molecule has 0 aliphatic heterocycles. The number of ether oxygens (including phenoxy) is 2. The van der Waals surface area contributed by atoms with Crippen molar-refractivity contribution in [2.75, 3.05) is 19.8 Å². The Labute approximate surface area is 232 Å². The molecule has 0 aromatic rings. The van der Waals surface area contributed by atoms with E-state index in [0.29, 0.717) is 18.9 Å². The van der Waals surface area contributed by atoms with E-state index in [2.05, 4.69) is 20.8 Å². The van der Waals surface area contributed by atoms with Crippen LogP contribution in [-0.2, 0) is 14.3 Å². The van der Waals surface area contributed by atoms with Crippen LogP contribution in [0.1, 0.15) is 175 Å². The van der Waals surface area contributed by atoms with Crippen LogP contribution >= 0.6 is 0 Å². The third-order valence-electron chi connectivity index (χ3n) is 7.63. The number of hydrogen-bond donors (Lipinski definition) is 1. The minimum Gasteiger partial charge on any atom is -0.463 e. The largest absolute Gasteiger partial charge is 0.463 e. The van der Waals surface area contributed by atoms with E-state index in [-0.39, 0.29) is 19.2 Å². The van der Waals surface area contributed by atoms with Gasteiger partial charge in [0.15, 0.2) is 0 Å². The molecule has 1 N–H and O–H groups in total. The van der Waals surface area contributed by atoms with Gasteiger partial charge in [0.05, 0.1) is 6.61 Å². The van der Waals surface area contributed by atoms with Gasteiger partial charge in [0.1, 0.15) is 12.7 Å². The molecule has 0 fully saturated rings. The molecule has 4 heteroatoms. The van der Waals surface area contributed by atoms with Crippen LogP contribution < -0.4 is 0 Å².